The van der Waals surface area contributed by atoms with Crippen molar-refractivity contribution in [2.75, 3.05) is 0 Å². The van der Waals surface area contributed by atoms with Gasteiger partial charge < -0.3 is 9.88 Å². The zero-order valence-corrected chi connectivity index (χ0v) is 14.0. The summed E-state index contributed by atoms with van der Waals surface area (Å²) in [5, 5.41) is 2.95. The number of carbonyl (C=O) groups excluding carboxylic acids is 1. The van der Waals surface area contributed by atoms with E-state index in [1.165, 1.54) is 5.56 Å². The van der Waals surface area contributed by atoms with Gasteiger partial charge in [0.15, 0.2) is 0 Å². The van der Waals surface area contributed by atoms with E-state index >= 15 is 0 Å². The molecule has 1 heterocycles. The third kappa shape index (κ3) is 4.07. The highest BCUT2D eigenvalue weighted by Crippen LogP contribution is 2.16. The Kier molecular flexibility index (Phi) is 4.88. The van der Waals surface area contributed by atoms with Gasteiger partial charge in [0.05, 0.1) is 11.9 Å². The van der Waals surface area contributed by atoms with Crippen LogP contribution in [0.25, 0.3) is 0 Å². The number of nitrogens with zero attached hydrogens (tertiary/aromatic N) is 2. The van der Waals surface area contributed by atoms with Gasteiger partial charge in [0, 0.05) is 30.0 Å². The van der Waals surface area contributed by atoms with Gasteiger partial charge in [-0.25, -0.2) is 4.98 Å². The molecule has 0 spiro atoms. The molecule has 1 N–H and O–H groups in total. The molecule has 3 aromatic rings. The Bertz CT molecular complexity index is 800. The van der Waals surface area contributed by atoms with Crippen LogP contribution in [0, 0.1) is 0 Å². The van der Waals surface area contributed by atoms with E-state index in [1.54, 1.807) is 18.6 Å². The van der Waals surface area contributed by atoms with Gasteiger partial charge in [-0.05, 0) is 39.2 Å². The lowest BCUT2D eigenvalue weighted by atomic mass is 10.1. The second-order valence-electron chi connectivity index (χ2n) is 5.22. The maximum absolute atomic E-state index is 12.2. The van der Waals surface area contributed by atoms with Crippen LogP contribution in [0.2, 0.25) is 0 Å². The van der Waals surface area contributed by atoms with E-state index in [-0.39, 0.29) is 5.91 Å². The predicted octanol–water partition coefficient (Wildman–Crippen LogP) is 3.62. The SMILES string of the molecule is O=C(NCc1cccc(Cn2ccnc2)c1)c1ccccc1Br. The number of hydrogen-bond acceptors (Lipinski definition) is 2. The number of benzene rings is 2. The molecule has 1 aromatic heterocycles. The van der Waals surface area contributed by atoms with Gasteiger partial charge in [-0.2, -0.15) is 0 Å². The first-order chi connectivity index (χ1) is 11.2. The number of nitrogens with one attached hydrogen (secondary N) is 1. The summed E-state index contributed by atoms with van der Waals surface area (Å²) in [6.45, 7) is 1.27. The molecule has 0 bridgehead atoms. The quantitative estimate of drug-likeness (QED) is 0.746. The van der Waals surface area contributed by atoms with Crippen LogP contribution in [0.4, 0.5) is 0 Å². The number of amides is 1. The Morgan fingerprint density at radius 1 is 1.13 bits per heavy atom. The molecule has 5 heteroatoms. The fraction of sp³-hybridized carbons (Fsp3) is 0.111. The van der Waals surface area contributed by atoms with Crippen molar-refractivity contribution in [2.45, 2.75) is 13.1 Å². The average molecular weight is 370 g/mol. The maximum atomic E-state index is 12.2. The number of rotatable bonds is 5. The monoisotopic (exact) mass is 369 g/mol. The molecule has 3 rings (SSSR count). The van der Waals surface area contributed by atoms with Crippen LogP contribution in [-0.2, 0) is 13.1 Å². The summed E-state index contributed by atoms with van der Waals surface area (Å²) in [5.74, 6) is -0.0857. The molecule has 4 nitrogen and oxygen atoms in total. The van der Waals surface area contributed by atoms with Crippen molar-refractivity contribution in [1.29, 1.82) is 0 Å². The van der Waals surface area contributed by atoms with E-state index in [1.807, 2.05) is 41.1 Å². The van der Waals surface area contributed by atoms with Crippen LogP contribution in [0.5, 0.6) is 0 Å². The van der Waals surface area contributed by atoms with Crippen molar-refractivity contribution in [3.05, 3.63) is 88.4 Å². The van der Waals surface area contributed by atoms with E-state index < -0.39 is 0 Å². The van der Waals surface area contributed by atoms with Crippen molar-refractivity contribution >= 4 is 21.8 Å². The minimum atomic E-state index is -0.0857. The molecular formula is C18H16BrN3O. The molecule has 116 valence electrons. The van der Waals surface area contributed by atoms with E-state index in [0.717, 1.165) is 16.6 Å². The normalized spacial score (nSPS) is 10.5. The predicted molar refractivity (Wildman–Crippen MR) is 93.1 cm³/mol. The second kappa shape index (κ2) is 7.24. The van der Waals surface area contributed by atoms with Crippen molar-refractivity contribution in [3.8, 4) is 0 Å². The van der Waals surface area contributed by atoms with Gasteiger partial charge in [-0.3, -0.25) is 4.79 Å². The van der Waals surface area contributed by atoms with Gasteiger partial charge >= 0.3 is 0 Å². The molecule has 1 amide bonds. The Labute approximate surface area is 143 Å². The van der Waals surface area contributed by atoms with Crippen molar-refractivity contribution in [2.24, 2.45) is 0 Å². The summed E-state index contributed by atoms with van der Waals surface area (Å²) in [6.07, 6.45) is 5.49. The number of hydrogen-bond donors (Lipinski definition) is 1. The molecule has 0 saturated heterocycles. The van der Waals surface area contributed by atoms with Gasteiger partial charge in [0.2, 0.25) is 0 Å². The molecule has 0 saturated carbocycles. The molecule has 0 aliphatic heterocycles. The molecule has 0 fully saturated rings. The number of halogens is 1. The highest BCUT2D eigenvalue weighted by Gasteiger charge is 2.08. The first kappa shape index (κ1) is 15.5. The van der Waals surface area contributed by atoms with Crippen LogP contribution in [0.15, 0.2) is 71.7 Å². The van der Waals surface area contributed by atoms with E-state index in [0.29, 0.717) is 12.1 Å². The van der Waals surface area contributed by atoms with E-state index in [4.69, 9.17) is 0 Å². The maximum Gasteiger partial charge on any atom is 0.252 e. The molecule has 23 heavy (non-hydrogen) atoms. The Balaban J connectivity index is 1.64. The molecule has 0 aliphatic rings. The van der Waals surface area contributed by atoms with Crippen LogP contribution < -0.4 is 5.32 Å². The third-order valence-corrected chi connectivity index (χ3v) is 4.18. The third-order valence-electron chi connectivity index (χ3n) is 3.49. The molecule has 0 unspecified atom stereocenters. The van der Waals surface area contributed by atoms with Gasteiger partial charge in [-0.1, -0.05) is 36.4 Å². The fourth-order valence-electron chi connectivity index (χ4n) is 2.35. The van der Waals surface area contributed by atoms with Gasteiger partial charge in [0.25, 0.3) is 5.91 Å². The van der Waals surface area contributed by atoms with E-state index in [2.05, 4.69) is 38.4 Å². The lowest BCUT2D eigenvalue weighted by Gasteiger charge is -2.09. The van der Waals surface area contributed by atoms with Gasteiger partial charge in [0.1, 0.15) is 0 Å². The largest absolute Gasteiger partial charge is 0.348 e. The van der Waals surface area contributed by atoms with Crippen LogP contribution >= 0.6 is 15.9 Å². The molecule has 0 aliphatic carbocycles. The summed E-state index contributed by atoms with van der Waals surface area (Å²) < 4.78 is 2.81. The molecular weight excluding hydrogens is 354 g/mol. The molecule has 0 atom stereocenters. The van der Waals surface area contributed by atoms with Crippen LogP contribution in [0.3, 0.4) is 0 Å². The Morgan fingerprint density at radius 2 is 1.96 bits per heavy atom. The van der Waals surface area contributed by atoms with Crippen molar-refractivity contribution in [1.82, 2.24) is 14.9 Å². The number of imidazole rings is 1. The zero-order chi connectivity index (χ0) is 16.1. The Morgan fingerprint density at radius 3 is 2.74 bits per heavy atom. The summed E-state index contributed by atoms with van der Waals surface area (Å²) in [7, 11) is 0. The summed E-state index contributed by atoms with van der Waals surface area (Å²) >= 11 is 3.40. The average Bonchev–Trinajstić information content (AvgIpc) is 3.06. The molecule has 2 aromatic carbocycles. The van der Waals surface area contributed by atoms with Crippen molar-refractivity contribution < 1.29 is 4.79 Å². The van der Waals surface area contributed by atoms with Crippen molar-refractivity contribution in [3.63, 3.8) is 0 Å². The second-order valence-corrected chi connectivity index (χ2v) is 6.07. The molecule has 0 radical (unpaired) electrons. The Hall–Kier alpha value is -2.40. The number of carbonyl (C=O) groups is 1. The standard InChI is InChI=1S/C18H16BrN3O/c19-17-7-2-1-6-16(17)18(23)21-11-14-4-3-5-15(10-14)12-22-9-8-20-13-22/h1-10,13H,11-12H2,(H,21,23). The lowest BCUT2D eigenvalue weighted by molar-refractivity contribution is 0.0950. The minimum Gasteiger partial charge on any atom is -0.348 e. The topological polar surface area (TPSA) is 46.9 Å². The first-order valence-corrected chi connectivity index (χ1v) is 8.08. The van der Waals surface area contributed by atoms with Crippen LogP contribution in [-0.4, -0.2) is 15.5 Å². The smallest absolute Gasteiger partial charge is 0.252 e. The summed E-state index contributed by atoms with van der Waals surface area (Å²) in [6, 6.07) is 15.6. The lowest BCUT2D eigenvalue weighted by Crippen LogP contribution is -2.23. The minimum absolute atomic E-state index is 0.0857. The van der Waals surface area contributed by atoms with Crippen LogP contribution in [0.1, 0.15) is 21.5 Å². The highest BCUT2D eigenvalue weighted by molar-refractivity contribution is 9.10. The van der Waals surface area contributed by atoms with E-state index in [9.17, 15) is 4.79 Å². The number of aromatic nitrogens is 2. The van der Waals surface area contributed by atoms with Gasteiger partial charge in [-0.15, -0.1) is 0 Å². The first-order valence-electron chi connectivity index (χ1n) is 7.28. The fourth-order valence-corrected chi connectivity index (χ4v) is 2.82. The zero-order valence-electron chi connectivity index (χ0n) is 12.4. The highest BCUT2D eigenvalue weighted by atomic mass is 79.9. The summed E-state index contributed by atoms with van der Waals surface area (Å²) in [4.78, 5) is 16.3. The summed E-state index contributed by atoms with van der Waals surface area (Å²) in [5.41, 5.74) is 2.89.